The van der Waals surface area contributed by atoms with Gasteiger partial charge in [-0.15, -0.1) is 0 Å². The molecule has 3 nitrogen and oxygen atoms in total. The van der Waals surface area contributed by atoms with Crippen molar-refractivity contribution in [1.29, 1.82) is 0 Å². The number of carbonyl (C=O) groups excluding carboxylic acids is 1. The third kappa shape index (κ3) is 3.85. The monoisotopic (exact) mass is 270 g/mol. The van der Waals surface area contributed by atoms with Crippen LogP contribution in [0.2, 0.25) is 0 Å². The van der Waals surface area contributed by atoms with Crippen LogP contribution < -0.4 is 9.47 Å². The Morgan fingerprint density at radius 2 is 1.85 bits per heavy atom. The largest absolute Gasteiger partial charge is 0.496 e. The number of carbonyl (C=O) groups is 1. The number of ether oxygens (including phenoxy) is 2. The maximum absolute atomic E-state index is 12.0. The summed E-state index contributed by atoms with van der Waals surface area (Å²) in [6, 6.07) is 15.2. The van der Waals surface area contributed by atoms with Gasteiger partial charge in [0.25, 0.3) is 0 Å². The molecule has 3 heteroatoms. The van der Waals surface area contributed by atoms with E-state index in [-0.39, 0.29) is 12.4 Å². The Hall–Kier alpha value is -2.29. The zero-order valence-electron chi connectivity index (χ0n) is 11.8. The maximum atomic E-state index is 12.0. The number of Topliss-reactive ketones (excluding diaryl/α,β-unsaturated/α-hetero) is 1. The van der Waals surface area contributed by atoms with Crippen molar-refractivity contribution in [2.75, 3.05) is 13.7 Å². The third-order valence-corrected chi connectivity index (χ3v) is 2.97. The first kappa shape index (κ1) is 14.1. The van der Waals surface area contributed by atoms with E-state index in [4.69, 9.17) is 9.47 Å². The molecule has 0 saturated heterocycles. The Kier molecular flexibility index (Phi) is 4.77. The minimum Gasteiger partial charge on any atom is -0.496 e. The molecule has 0 unspecified atom stereocenters. The summed E-state index contributed by atoms with van der Waals surface area (Å²) in [6.07, 6.45) is 0.317. The number of benzene rings is 2. The molecule has 20 heavy (non-hydrogen) atoms. The summed E-state index contributed by atoms with van der Waals surface area (Å²) in [6.45, 7) is 2.06. The van der Waals surface area contributed by atoms with Gasteiger partial charge in [0.05, 0.1) is 7.11 Å². The fourth-order valence-electron chi connectivity index (χ4n) is 1.99. The van der Waals surface area contributed by atoms with Crippen molar-refractivity contribution >= 4 is 5.78 Å². The highest BCUT2D eigenvalue weighted by molar-refractivity contribution is 5.83. The Morgan fingerprint density at radius 1 is 1.10 bits per heavy atom. The lowest BCUT2D eigenvalue weighted by Crippen LogP contribution is -2.14. The van der Waals surface area contributed by atoms with Crippen molar-refractivity contribution in [1.82, 2.24) is 0 Å². The molecular weight excluding hydrogens is 252 g/mol. The molecule has 2 aromatic carbocycles. The standard InChI is InChI=1S/C17H18O3/c1-13-8-9-17(19-2)14(10-13)11-15(18)12-20-16-6-4-3-5-7-16/h3-10H,11-12H2,1-2H3. The SMILES string of the molecule is COc1ccc(C)cc1CC(=O)COc1ccccc1. The number of rotatable bonds is 6. The van der Waals surface area contributed by atoms with E-state index in [9.17, 15) is 4.79 Å². The van der Waals surface area contributed by atoms with Crippen LogP contribution in [0.25, 0.3) is 0 Å². The molecule has 0 aliphatic heterocycles. The fraction of sp³-hybridized carbons (Fsp3) is 0.235. The summed E-state index contributed by atoms with van der Waals surface area (Å²) in [7, 11) is 1.61. The van der Waals surface area contributed by atoms with Crippen molar-refractivity contribution < 1.29 is 14.3 Å². The molecule has 0 bridgehead atoms. The minimum absolute atomic E-state index is 0.0257. The first-order valence-corrected chi connectivity index (χ1v) is 6.52. The maximum Gasteiger partial charge on any atom is 0.174 e. The molecule has 0 N–H and O–H groups in total. The van der Waals surface area contributed by atoms with Crippen LogP contribution in [-0.4, -0.2) is 19.5 Å². The highest BCUT2D eigenvalue weighted by atomic mass is 16.5. The topological polar surface area (TPSA) is 35.5 Å². The van der Waals surface area contributed by atoms with Gasteiger partial charge in [0.15, 0.2) is 5.78 Å². The van der Waals surface area contributed by atoms with Crippen LogP contribution in [0.5, 0.6) is 11.5 Å². The summed E-state index contributed by atoms with van der Waals surface area (Å²) in [5, 5.41) is 0. The molecule has 104 valence electrons. The summed E-state index contributed by atoms with van der Waals surface area (Å²) < 4.78 is 10.7. The van der Waals surface area contributed by atoms with Crippen molar-refractivity contribution in [2.24, 2.45) is 0 Å². The second-order valence-electron chi connectivity index (χ2n) is 4.63. The minimum atomic E-state index is 0.0257. The van der Waals surface area contributed by atoms with Crippen molar-refractivity contribution in [3.63, 3.8) is 0 Å². The number of methoxy groups -OCH3 is 1. The Bertz CT molecular complexity index is 576. The molecule has 0 radical (unpaired) electrons. The van der Waals surface area contributed by atoms with Gasteiger partial charge in [-0.1, -0.05) is 35.9 Å². The lowest BCUT2D eigenvalue weighted by molar-refractivity contribution is -0.120. The van der Waals surface area contributed by atoms with E-state index in [0.29, 0.717) is 12.2 Å². The molecule has 0 aliphatic carbocycles. The molecule has 0 aliphatic rings. The first-order chi connectivity index (χ1) is 9.69. The van der Waals surface area contributed by atoms with Gasteiger partial charge < -0.3 is 9.47 Å². The lowest BCUT2D eigenvalue weighted by Gasteiger charge is -2.09. The van der Waals surface area contributed by atoms with E-state index < -0.39 is 0 Å². The van der Waals surface area contributed by atoms with Crippen LogP contribution in [0.4, 0.5) is 0 Å². The first-order valence-electron chi connectivity index (χ1n) is 6.52. The van der Waals surface area contributed by atoms with E-state index >= 15 is 0 Å². The highest BCUT2D eigenvalue weighted by Crippen LogP contribution is 2.20. The predicted octanol–water partition coefficient (Wildman–Crippen LogP) is 3.19. The Morgan fingerprint density at radius 3 is 2.55 bits per heavy atom. The molecule has 0 saturated carbocycles. The number of para-hydroxylation sites is 1. The van der Waals surface area contributed by atoms with Gasteiger partial charge in [-0.25, -0.2) is 0 Å². The average Bonchev–Trinajstić information content (AvgIpc) is 2.46. The number of aryl methyl sites for hydroxylation is 1. The summed E-state index contributed by atoms with van der Waals surface area (Å²) in [4.78, 5) is 12.0. The van der Waals surface area contributed by atoms with Gasteiger partial charge in [0, 0.05) is 12.0 Å². The highest BCUT2D eigenvalue weighted by Gasteiger charge is 2.10. The predicted molar refractivity (Wildman–Crippen MR) is 78.4 cm³/mol. The lowest BCUT2D eigenvalue weighted by atomic mass is 10.1. The van der Waals surface area contributed by atoms with Crippen molar-refractivity contribution in [2.45, 2.75) is 13.3 Å². The second-order valence-corrected chi connectivity index (χ2v) is 4.63. The molecule has 2 aromatic rings. The molecule has 0 amide bonds. The van der Waals surface area contributed by atoms with Crippen LogP contribution >= 0.6 is 0 Å². The molecule has 0 atom stereocenters. The van der Waals surface area contributed by atoms with Crippen LogP contribution in [0.3, 0.4) is 0 Å². The second kappa shape index (κ2) is 6.75. The quantitative estimate of drug-likeness (QED) is 0.808. The molecule has 0 heterocycles. The number of ketones is 1. The van der Waals surface area contributed by atoms with Crippen LogP contribution in [-0.2, 0) is 11.2 Å². The van der Waals surface area contributed by atoms with Gasteiger partial charge >= 0.3 is 0 Å². The third-order valence-electron chi connectivity index (χ3n) is 2.97. The van der Waals surface area contributed by atoms with E-state index in [1.54, 1.807) is 7.11 Å². The van der Waals surface area contributed by atoms with E-state index in [0.717, 1.165) is 16.9 Å². The normalized spacial score (nSPS) is 10.1. The Balaban J connectivity index is 1.96. The molecule has 0 aromatic heterocycles. The summed E-state index contributed by atoms with van der Waals surface area (Å²) >= 11 is 0. The molecule has 0 spiro atoms. The summed E-state index contributed by atoms with van der Waals surface area (Å²) in [5.41, 5.74) is 2.01. The Labute approximate surface area is 119 Å². The van der Waals surface area contributed by atoms with Crippen LogP contribution in [0.15, 0.2) is 48.5 Å². The van der Waals surface area contributed by atoms with Crippen molar-refractivity contribution in [3.8, 4) is 11.5 Å². The average molecular weight is 270 g/mol. The van der Waals surface area contributed by atoms with Gasteiger partial charge in [0.2, 0.25) is 0 Å². The van der Waals surface area contributed by atoms with Gasteiger partial charge in [-0.3, -0.25) is 4.79 Å². The number of hydrogen-bond acceptors (Lipinski definition) is 3. The van der Waals surface area contributed by atoms with E-state index in [2.05, 4.69) is 0 Å². The zero-order valence-corrected chi connectivity index (χ0v) is 11.8. The molecule has 0 fully saturated rings. The zero-order chi connectivity index (χ0) is 14.4. The molecular formula is C17H18O3. The number of hydrogen-bond donors (Lipinski definition) is 0. The van der Waals surface area contributed by atoms with E-state index in [1.807, 2.05) is 55.5 Å². The van der Waals surface area contributed by atoms with Gasteiger partial charge in [-0.2, -0.15) is 0 Å². The van der Waals surface area contributed by atoms with Crippen LogP contribution in [0.1, 0.15) is 11.1 Å². The van der Waals surface area contributed by atoms with E-state index in [1.165, 1.54) is 0 Å². The summed E-state index contributed by atoms with van der Waals surface area (Å²) in [5.74, 6) is 1.47. The van der Waals surface area contributed by atoms with Crippen LogP contribution in [0, 0.1) is 6.92 Å². The van der Waals surface area contributed by atoms with Crippen molar-refractivity contribution in [3.05, 3.63) is 59.7 Å². The fourth-order valence-corrected chi connectivity index (χ4v) is 1.99. The smallest absolute Gasteiger partial charge is 0.174 e. The van der Waals surface area contributed by atoms with Gasteiger partial charge in [0.1, 0.15) is 18.1 Å². The van der Waals surface area contributed by atoms with Gasteiger partial charge in [-0.05, 0) is 25.1 Å². The molecule has 2 rings (SSSR count).